The fourth-order valence-corrected chi connectivity index (χ4v) is 13.3. The summed E-state index contributed by atoms with van der Waals surface area (Å²) in [5.41, 5.74) is 25.1. The van der Waals surface area contributed by atoms with E-state index in [0.29, 0.717) is 11.5 Å². The van der Waals surface area contributed by atoms with Crippen LogP contribution in [0.3, 0.4) is 0 Å². The van der Waals surface area contributed by atoms with Gasteiger partial charge in [-0.3, -0.25) is 0 Å². The number of ether oxygens (including phenoxy) is 4. The lowest BCUT2D eigenvalue weighted by Gasteiger charge is -2.45. The fourth-order valence-electron chi connectivity index (χ4n) is 13.3. The number of fused-ring (bicyclic) bond motifs is 10. The van der Waals surface area contributed by atoms with Crippen molar-refractivity contribution in [3.63, 3.8) is 0 Å². The first-order valence-electron chi connectivity index (χ1n) is 28.3. The van der Waals surface area contributed by atoms with E-state index >= 15 is 0 Å². The van der Waals surface area contributed by atoms with Crippen molar-refractivity contribution in [1.82, 2.24) is 0 Å². The molecule has 0 aromatic heterocycles. The Balaban J connectivity index is 0.947. The maximum absolute atomic E-state index is 6.57. The molecule has 0 saturated carbocycles. The first kappa shape index (κ1) is 48.9. The number of hydrogen-bond donors (Lipinski definition) is 0. The molecular weight excluding hydrogens is 994 g/mol. The van der Waals surface area contributed by atoms with Gasteiger partial charge in [0.2, 0.25) is 13.6 Å². The maximum Gasteiger partial charge on any atom is 0.252 e. The molecule has 0 radical (unpaired) electrons. The molecule has 1 aliphatic carbocycles. The molecule has 396 valence electrons. The monoisotopic (exact) mass is 1060 g/mol. The van der Waals surface area contributed by atoms with Gasteiger partial charge in [-0.25, -0.2) is 0 Å². The van der Waals surface area contributed by atoms with Crippen molar-refractivity contribution in [3.8, 4) is 56.4 Å². The summed E-state index contributed by atoms with van der Waals surface area (Å²) in [6.07, 6.45) is 0. The van der Waals surface area contributed by atoms with E-state index in [0.717, 1.165) is 79.3 Å². The van der Waals surface area contributed by atoms with Gasteiger partial charge in [-0.15, -0.1) is 0 Å². The van der Waals surface area contributed by atoms with E-state index in [9.17, 15) is 0 Å². The molecule has 0 bridgehead atoms. The lowest BCUT2D eigenvalue weighted by atomic mass is 9.33. The smallest absolute Gasteiger partial charge is 0.252 e. The summed E-state index contributed by atoms with van der Waals surface area (Å²) in [4.78, 5) is 7.27. The minimum atomic E-state index is -0.162. The van der Waals surface area contributed by atoms with Crippen LogP contribution in [0.15, 0.2) is 206 Å². The zero-order valence-electron chi connectivity index (χ0n) is 47.1. The van der Waals surface area contributed by atoms with E-state index in [1.165, 1.54) is 55.4 Å². The summed E-state index contributed by atoms with van der Waals surface area (Å²) in [6.45, 7) is 18.6. The molecule has 81 heavy (non-hydrogen) atoms. The first-order valence-corrected chi connectivity index (χ1v) is 28.3. The van der Waals surface area contributed by atoms with Crippen molar-refractivity contribution in [2.45, 2.75) is 71.6 Å². The van der Waals surface area contributed by atoms with E-state index in [1.807, 2.05) is 6.07 Å². The van der Waals surface area contributed by atoms with Crippen LogP contribution in [-0.2, 0) is 16.2 Å². The van der Waals surface area contributed by atoms with Gasteiger partial charge in [-0.1, -0.05) is 177 Å². The zero-order valence-corrected chi connectivity index (χ0v) is 47.1. The molecule has 0 N–H and O–H groups in total. The third-order valence-electron chi connectivity index (χ3n) is 17.6. The van der Waals surface area contributed by atoms with E-state index in [4.69, 9.17) is 18.9 Å². The molecule has 0 fully saturated rings. The average molecular weight is 1060 g/mol. The number of para-hydroxylation sites is 1. The Morgan fingerprint density at radius 2 is 1.01 bits per heavy atom. The summed E-state index contributed by atoms with van der Waals surface area (Å²) >= 11 is 0. The van der Waals surface area contributed by atoms with Crippen LogP contribution in [0.5, 0.6) is 23.0 Å². The van der Waals surface area contributed by atoms with E-state index in [-0.39, 0.29) is 36.5 Å². The highest BCUT2D eigenvalue weighted by atomic mass is 16.7. The largest absolute Gasteiger partial charge is 0.454 e. The third-order valence-corrected chi connectivity index (χ3v) is 17.6. The van der Waals surface area contributed by atoms with Crippen molar-refractivity contribution in [2.75, 3.05) is 28.3 Å². The van der Waals surface area contributed by atoms with Gasteiger partial charge in [-0.05, 0) is 168 Å². The van der Waals surface area contributed by atoms with Gasteiger partial charge in [0.1, 0.15) is 0 Å². The van der Waals surface area contributed by atoms with Crippen LogP contribution in [0.1, 0.15) is 77.6 Å². The van der Waals surface area contributed by atoms with Gasteiger partial charge < -0.3 is 33.6 Å². The standard InChI is InChI=1S/C73H62BN3O4/c1-71(2,3)49-25-32-53(33-26-49)76-61-37-27-50(72(4,5)6)41-60(61)74-59-36-38-66-70(81-44-79-66)68(59)77(62-19-14-20-65-69(62)80-43-78-65)64-40-48(39-63(76)67(64)74)47-23-30-52(31-24-47)75(51-28-21-46(22-29-51)45-15-10-9-11-16-45)54-34-35-56-55-17-12-13-18-57(55)73(7,8)58(56)42-54/h9-42H,43-44H2,1-8H3. The summed E-state index contributed by atoms with van der Waals surface area (Å²) in [7, 11) is 0. The summed E-state index contributed by atoms with van der Waals surface area (Å²) in [5.74, 6) is 2.83. The van der Waals surface area contributed by atoms with Crippen LogP contribution >= 0.6 is 0 Å². The van der Waals surface area contributed by atoms with Gasteiger partial charge in [-0.2, -0.15) is 0 Å². The number of benzene rings is 10. The number of nitrogens with zero attached hydrogens (tertiary/aromatic N) is 3. The van der Waals surface area contributed by atoms with Gasteiger partial charge in [0.05, 0.1) is 11.4 Å². The molecule has 10 aromatic carbocycles. The molecule has 4 heterocycles. The quantitative estimate of drug-likeness (QED) is 0.147. The van der Waals surface area contributed by atoms with Crippen LogP contribution < -0.4 is 50.0 Å². The summed E-state index contributed by atoms with van der Waals surface area (Å²) in [5, 5.41) is 0. The van der Waals surface area contributed by atoms with Crippen molar-refractivity contribution in [3.05, 3.63) is 229 Å². The van der Waals surface area contributed by atoms with Gasteiger partial charge in [0, 0.05) is 45.2 Å². The molecule has 15 rings (SSSR count). The number of anilines is 9. The minimum Gasteiger partial charge on any atom is -0.454 e. The van der Waals surface area contributed by atoms with Crippen LogP contribution in [-0.4, -0.2) is 20.3 Å². The SMILES string of the molecule is CC(C)(C)c1ccc(N2c3ccc(C(C)(C)C)cc3B3c4ccc5c(c4N(c4cccc6c4OCO6)c4cc(-c6ccc(N(c7ccc(-c8ccccc8)cc7)c7ccc8c(c7)C(C)(C)c7ccccc7-8)cc6)cc2c43)OCO5)cc1. The number of hydrogen-bond acceptors (Lipinski definition) is 7. The fraction of sp³-hybridized carbons (Fsp3) is 0.178. The Morgan fingerprint density at radius 1 is 0.420 bits per heavy atom. The van der Waals surface area contributed by atoms with Crippen LogP contribution in [0.25, 0.3) is 33.4 Å². The second-order valence-electron chi connectivity index (χ2n) is 24.8. The Kier molecular flexibility index (Phi) is 10.8. The molecule has 0 atom stereocenters. The van der Waals surface area contributed by atoms with Crippen molar-refractivity contribution >= 4 is 74.3 Å². The molecule has 10 aromatic rings. The first-order chi connectivity index (χ1) is 39.2. The van der Waals surface area contributed by atoms with Crippen LogP contribution in [0.4, 0.5) is 51.2 Å². The predicted molar refractivity (Wildman–Crippen MR) is 333 cm³/mol. The summed E-state index contributed by atoms with van der Waals surface area (Å²) in [6, 6.07) is 76.3. The minimum absolute atomic E-state index is 0.0154. The lowest BCUT2D eigenvalue weighted by molar-refractivity contribution is 0.174. The molecule has 0 unspecified atom stereocenters. The second-order valence-corrected chi connectivity index (χ2v) is 24.8. The predicted octanol–water partition coefficient (Wildman–Crippen LogP) is 16.9. The normalized spacial score (nSPS) is 14.7. The van der Waals surface area contributed by atoms with Crippen LogP contribution in [0.2, 0.25) is 0 Å². The van der Waals surface area contributed by atoms with E-state index in [1.54, 1.807) is 0 Å². The topological polar surface area (TPSA) is 46.6 Å². The highest BCUT2D eigenvalue weighted by molar-refractivity contribution is 7.00. The van der Waals surface area contributed by atoms with E-state index in [2.05, 4.69) is 270 Å². The lowest BCUT2D eigenvalue weighted by Crippen LogP contribution is -2.61. The molecular formula is C73H62BN3O4. The zero-order chi connectivity index (χ0) is 55.1. The molecule has 5 aliphatic rings. The number of rotatable bonds is 7. The molecule has 7 nitrogen and oxygen atoms in total. The molecule has 0 spiro atoms. The third kappa shape index (κ3) is 7.70. The van der Waals surface area contributed by atoms with Crippen LogP contribution in [0, 0.1) is 0 Å². The summed E-state index contributed by atoms with van der Waals surface area (Å²) < 4.78 is 25.3. The van der Waals surface area contributed by atoms with Crippen molar-refractivity contribution in [2.24, 2.45) is 0 Å². The molecule has 8 heteroatoms. The molecule has 0 amide bonds. The highest BCUT2D eigenvalue weighted by Gasteiger charge is 2.47. The maximum atomic E-state index is 6.57. The van der Waals surface area contributed by atoms with E-state index < -0.39 is 0 Å². The molecule has 0 saturated heterocycles. The Labute approximate surface area is 475 Å². The van der Waals surface area contributed by atoms with Gasteiger partial charge in [0.15, 0.2) is 23.0 Å². The second kappa shape index (κ2) is 17.9. The molecule has 4 aliphatic heterocycles. The van der Waals surface area contributed by atoms with Gasteiger partial charge >= 0.3 is 0 Å². The Bertz CT molecular complexity index is 4180. The average Bonchev–Trinajstić information content (AvgIpc) is 3.10. The van der Waals surface area contributed by atoms with Gasteiger partial charge in [0.25, 0.3) is 6.71 Å². The highest BCUT2D eigenvalue weighted by Crippen LogP contribution is 2.56. The van der Waals surface area contributed by atoms with Crippen molar-refractivity contribution in [1.29, 1.82) is 0 Å². The Hall–Kier alpha value is -9.14. The van der Waals surface area contributed by atoms with Crippen molar-refractivity contribution < 1.29 is 18.9 Å². The Morgan fingerprint density at radius 3 is 1.72 bits per heavy atom.